The molecule has 3 aromatic carbocycles. The number of hydrazone groups is 1. The predicted octanol–water partition coefficient (Wildman–Crippen LogP) is 8.08. The first-order valence-electron chi connectivity index (χ1n) is 14.4. The van der Waals surface area contributed by atoms with E-state index in [2.05, 4.69) is 49.2 Å². The Morgan fingerprint density at radius 3 is 2.44 bits per heavy atom. The quantitative estimate of drug-likeness (QED) is 0.210. The van der Waals surface area contributed by atoms with Gasteiger partial charge < -0.3 is 18.9 Å². The van der Waals surface area contributed by atoms with Crippen molar-refractivity contribution in [3.63, 3.8) is 0 Å². The summed E-state index contributed by atoms with van der Waals surface area (Å²) in [4.78, 5) is 0. The monoisotopic (exact) mass is 528 g/mol. The molecule has 6 heteroatoms. The van der Waals surface area contributed by atoms with Crippen molar-refractivity contribution < 1.29 is 18.9 Å². The van der Waals surface area contributed by atoms with Crippen molar-refractivity contribution in [3.8, 4) is 23.0 Å². The van der Waals surface area contributed by atoms with Gasteiger partial charge >= 0.3 is 0 Å². The molecule has 0 unspecified atom stereocenters. The molecule has 0 spiro atoms. The fraction of sp³-hybridized carbons (Fsp3) is 0.424. The minimum absolute atomic E-state index is 0.0934. The van der Waals surface area contributed by atoms with Crippen LogP contribution in [0.2, 0.25) is 0 Å². The molecule has 0 saturated carbocycles. The number of rotatable bonds is 13. The van der Waals surface area contributed by atoms with E-state index in [1.165, 1.54) is 19.3 Å². The Balaban J connectivity index is 1.38. The van der Waals surface area contributed by atoms with Crippen LogP contribution in [0.15, 0.2) is 71.8 Å². The molecule has 2 atom stereocenters. The van der Waals surface area contributed by atoms with Gasteiger partial charge in [-0.05, 0) is 66.9 Å². The van der Waals surface area contributed by atoms with Crippen LogP contribution in [-0.4, -0.2) is 31.0 Å². The van der Waals surface area contributed by atoms with Crippen LogP contribution in [0.5, 0.6) is 23.0 Å². The van der Waals surface area contributed by atoms with Crippen LogP contribution in [0, 0.1) is 0 Å². The summed E-state index contributed by atoms with van der Waals surface area (Å²) >= 11 is 0. The average molecular weight is 529 g/mol. The van der Waals surface area contributed by atoms with Gasteiger partial charge in [-0.3, -0.25) is 0 Å². The third kappa shape index (κ3) is 6.16. The number of nitrogens with zero attached hydrogens (tertiary/aromatic N) is 2. The molecular weight excluding hydrogens is 488 g/mol. The third-order valence-corrected chi connectivity index (χ3v) is 7.38. The fourth-order valence-electron chi connectivity index (χ4n) is 5.17. The van der Waals surface area contributed by atoms with Crippen molar-refractivity contribution in [3.05, 3.63) is 83.4 Å². The zero-order valence-electron chi connectivity index (χ0n) is 23.4. The second-order valence-corrected chi connectivity index (χ2v) is 10.2. The maximum absolute atomic E-state index is 6.56. The highest BCUT2D eigenvalue weighted by Crippen LogP contribution is 2.48. The molecule has 0 aromatic heterocycles. The number of hydrogen-bond donors (Lipinski definition) is 0. The molecule has 0 amide bonds. The number of hydrogen-bond acceptors (Lipinski definition) is 6. The van der Waals surface area contributed by atoms with Crippen molar-refractivity contribution >= 4 is 5.71 Å². The number of para-hydroxylation sites is 1. The first-order chi connectivity index (χ1) is 19.2. The molecule has 6 nitrogen and oxygen atoms in total. The second kappa shape index (κ2) is 12.9. The summed E-state index contributed by atoms with van der Waals surface area (Å²) in [6.07, 6.45) is 7.28. The average Bonchev–Trinajstić information content (AvgIpc) is 3.43. The van der Waals surface area contributed by atoms with Crippen LogP contribution < -0.4 is 18.9 Å². The van der Waals surface area contributed by atoms with Gasteiger partial charge in [-0.2, -0.15) is 5.10 Å². The van der Waals surface area contributed by atoms with Crippen LogP contribution >= 0.6 is 0 Å². The molecule has 0 fully saturated rings. The van der Waals surface area contributed by atoms with E-state index < -0.39 is 0 Å². The molecule has 0 N–H and O–H groups in total. The minimum Gasteiger partial charge on any atom is -0.494 e. The van der Waals surface area contributed by atoms with Crippen molar-refractivity contribution in [2.45, 2.75) is 71.1 Å². The molecular formula is C33H40N2O4. The van der Waals surface area contributed by atoms with Gasteiger partial charge in [0.1, 0.15) is 11.5 Å². The van der Waals surface area contributed by atoms with E-state index in [4.69, 9.17) is 24.0 Å². The Morgan fingerprint density at radius 2 is 1.64 bits per heavy atom. The molecule has 5 rings (SSSR count). The van der Waals surface area contributed by atoms with Gasteiger partial charge in [0.05, 0.1) is 32.1 Å². The molecule has 0 bridgehead atoms. The lowest BCUT2D eigenvalue weighted by Gasteiger charge is -2.38. The Bertz CT molecular complexity index is 1260. The predicted molar refractivity (Wildman–Crippen MR) is 155 cm³/mol. The molecule has 0 aliphatic carbocycles. The zero-order chi connectivity index (χ0) is 27.0. The van der Waals surface area contributed by atoms with E-state index >= 15 is 0 Å². The summed E-state index contributed by atoms with van der Waals surface area (Å²) < 4.78 is 24.2. The maximum atomic E-state index is 6.56. The van der Waals surface area contributed by atoms with Crippen LogP contribution in [-0.2, 0) is 0 Å². The Hall–Kier alpha value is -3.67. The second-order valence-electron chi connectivity index (χ2n) is 10.2. The summed E-state index contributed by atoms with van der Waals surface area (Å²) in [6.45, 7) is 5.82. The molecule has 2 heterocycles. The number of fused-ring (bicyclic) bond motifs is 3. The Labute approximate surface area is 232 Å². The van der Waals surface area contributed by atoms with E-state index in [0.29, 0.717) is 12.4 Å². The molecule has 3 aromatic rings. The van der Waals surface area contributed by atoms with E-state index in [9.17, 15) is 0 Å². The SMILES string of the molecule is CCCCCCOc1ccc([C@@H]2Oc3ccccc3[C@H]3CC(c4ccc(OCCCC)cc4)=NN32)cc1OC. The lowest BCUT2D eigenvalue weighted by Crippen LogP contribution is -2.33. The van der Waals surface area contributed by atoms with Gasteiger partial charge in [0.15, 0.2) is 11.5 Å². The first-order valence-corrected chi connectivity index (χ1v) is 14.4. The highest BCUT2D eigenvalue weighted by molar-refractivity contribution is 6.02. The van der Waals surface area contributed by atoms with Crippen molar-refractivity contribution in [1.82, 2.24) is 5.01 Å². The summed E-state index contributed by atoms with van der Waals surface area (Å²) in [5.41, 5.74) is 4.29. The smallest absolute Gasteiger partial charge is 0.214 e. The van der Waals surface area contributed by atoms with Crippen LogP contribution in [0.4, 0.5) is 0 Å². The number of benzene rings is 3. The lowest BCUT2D eigenvalue weighted by atomic mass is 9.96. The van der Waals surface area contributed by atoms with E-state index in [-0.39, 0.29) is 12.3 Å². The molecule has 39 heavy (non-hydrogen) atoms. The number of methoxy groups -OCH3 is 1. The highest BCUT2D eigenvalue weighted by Gasteiger charge is 2.41. The van der Waals surface area contributed by atoms with Gasteiger partial charge in [-0.1, -0.05) is 57.7 Å². The van der Waals surface area contributed by atoms with Crippen LogP contribution in [0.25, 0.3) is 0 Å². The van der Waals surface area contributed by atoms with Gasteiger partial charge in [-0.15, -0.1) is 0 Å². The van der Waals surface area contributed by atoms with Gasteiger partial charge in [-0.25, -0.2) is 5.01 Å². The van der Waals surface area contributed by atoms with Crippen LogP contribution in [0.1, 0.15) is 87.8 Å². The molecule has 2 aliphatic heterocycles. The summed E-state index contributed by atoms with van der Waals surface area (Å²) in [6, 6.07) is 22.7. The Kier molecular flexibility index (Phi) is 8.92. The normalized spacial score (nSPS) is 17.6. The van der Waals surface area contributed by atoms with E-state index in [1.807, 2.05) is 36.4 Å². The molecule has 206 valence electrons. The molecule has 2 aliphatic rings. The minimum atomic E-state index is -0.369. The number of ether oxygens (including phenoxy) is 4. The maximum Gasteiger partial charge on any atom is 0.214 e. The van der Waals surface area contributed by atoms with Crippen LogP contribution in [0.3, 0.4) is 0 Å². The molecule has 0 radical (unpaired) electrons. The number of unbranched alkanes of at least 4 members (excludes halogenated alkanes) is 4. The van der Waals surface area contributed by atoms with E-state index in [0.717, 1.165) is 71.9 Å². The topological polar surface area (TPSA) is 52.5 Å². The van der Waals surface area contributed by atoms with Gasteiger partial charge in [0.2, 0.25) is 6.23 Å². The third-order valence-electron chi connectivity index (χ3n) is 7.38. The summed E-state index contributed by atoms with van der Waals surface area (Å²) in [5, 5.41) is 7.21. The lowest BCUT2D eigenvalue weighted by molar-refractivity contribution is -0.0191. The van der Waals surface area contributed by atoms with Crippen molar-refractivity contribution in [1.29, 1.82) is 0 Å². The van der Waals surface area contributed by atoms with Crippen molar-refractivity contribution in [2.24, 2.45) is 5.10 Å². The Morgan fingerprint density at radius 1 is 0.846 bits per heavy atom. The summed E-state index contributed by atoms with van der Waals surface area (Å²) in [7, 11) is 1.69. The van der Waals surface area contributed by atoms with Crippen molar-refractivity contribution in [2.75, 3.05) is 20.3 Å². The van der Waals surface area contributed by atoms with Gasteiger partial charge in [0.25, 0.3) is 0 Å². The largest absolute Gasteiger partial charge is 0.494 e. The van der Waals surface area contributed by atoms with Gasteiger partial charge in [0, 0.05) is 17.5 Å². The standard InChI is InChI=1S/C33H40N2O4/c1-4-6-8-11-21-38-31-19-16-25(22-32(31)36-3)33-35-29(27-12-9-10-13-30(27)39-33)23-28(34-35)24-14-17-26(18-15-24)37-20-7-5-2/h9-10,12-19,22,29,33H,4-8,11,20-21,23H2,1-3H3/t29-,33+/m1/s1. The summed E-state index contributed by atoms with van der Waals surface area (Å²) in [5.74, 6) is 3.27. The zero-order valence-corrected chi connectivity index (χ0v) is 23.4. The fourth-order valence-corrected chi connectivity index (χ4v) is 5.17. The highest BCUT2D eigenvalue weighted by atomic mass is 16.5. The first kappa shape index (κ1) is 26.9. The molecule has 0 saturated heterocycles. The van der Waals surface area contributed by atoms with E-state index in [1.54, 1.807) is 7.11 Å².